The molecule has 0 spiro atoms. The average molecular weight is 535 g/mol. The maximum atomic E-state index is 12.9. The van der Waals surface area contributed by atoms with Crippen LogP contribution in [0.3, 0.4) is 0 Å². The molecule has 0 aromatic heterocycles. The summed E-state index contributed by atoms with van der Waals surface area (Å²) in [5, 5.41) is 0.943. The first kappa shape index (κ1) is 24.5. The van der Waals surface area contributed by atoms with Crippen molar-refractivity contribution in [1.82, 2.24) is 0 Å². The summed E-state index contributed by atoms with van der Waals surface area (Å²) in [6.07, 6.45) is 1.61. The molecule has 0 unspecified atom stereocenters. The van der Waals surface area contributed by atoms with Gasteiger partial charge in [0.15, 0.2) is 11.5 Å². The van der Waals surface area contributed by atoms with Crippen molar-refractivity contribution >= 4 is 69.5 Å². The minimum Gasteiger partial charge on any atom is -0.490 e. The molecule has 0 bridgehead atoms. The third kappa shape index (κ3) is 5.36. The summed E-state index contributed by atoms with van der Waals surface area (Å²) < 4.78 is 11.7. The number of hydrogen-bond acceptors (Lipinski definition) is 5. The van der Waals surface area contributed by atoms with E-state index in [9.17, 15) is 9.59 Å². The van der Waals surface area contributed by atoms with Gasteiger partial charge in [-0.2, -0.15) is 0 Å². The Hall–Kier alpha value is -2.64. The molecule has 0 saturated carbocycles. The molecule has 0 N–H and O–H groups in total. The van der Waals surface area contributed by atoms with Gasteiger partial charge in [0.1, 0.15) is 6.61 Å². The van der Waals surface area contributed by atoms with Crippen LogP contribution < -0.4 is 14.4 Å². The molecule has 1 fully saturated rings. The van der Waals surface area contributed by atoms with Gasteiger partial charge in [0.25, 0.3) is 11.1 Å². The minimum absolute atomic E-state index is 0.158. The average Bonchev–Trinajstić information content (AvgIpc) is 3.08. The van der Waals surface area contributed by atoms with E-state index < -0.39 is 5.91 Å². The molecule has 1 saturated heterocycles. The van der Waals surface area contributed by atoms with Crippen LogP contribution in [0.15, 0.2) is 65.6 Å². The second-order valence-electron chi connectivity index (χ2n) is 7.14. The number of nitrogens with zero attached hydrogens (tertiary/aromatic N) is 1. The molecule has 1 aliphatic heterocycles. The van der Waals surface area contributed by atoms with E-state index in [1.807, 2.05) is 13.0 Å². The van der Waals surface area contributed by atoms with E-state index >= 15 is 0 Å². The van der Waals surface area contributed by atoms with Gasteiger partial charge in [-0.25, -0.2) is 4.90 Å². The first-order valence-corrected chi connectivity index (χ1v) is 12.2. The van der Waals surface area contributed by atoms with Gasteiger partial charge < -0.3 is 9.47 Å². The molecule has 1 aliphatic rings. The smallest absolute Gasteiger partial charge is 0.298 e. The molecule has 3 aromatic carbocycles. The maximum Gasteiger partial charge on any atom is 0.298 e. The van der Waals surface area contributed by atoms with Crippen LogP contribution in [0.2, 0.25) is 15.1 Å². The van der Waals surface area contributed by atoms with E-state index in [0.717, 1.165) is 22.2 Å². The summed E-state index contributed by atoms with van der Waals surface area (Å²) in [6.45, 7) is 2.37. The summed E-state index contributed by atoms with van der Waals surface area (Å²) in [5.41, 5.74) is 1.86. The van der Waals surface area contributed by atoms with E-state index in [2.05, 4.69) is 0 Å². The fourth-order valence-corrected chi connectivity index (χ4v) is 4.86. The second-order valence-corrected chi connectivity index (χ2v) is 9.38. The number of hydrogen-bond donors (Lipinski definition) is 0. The van der Waals surface area contributed by atoms with Crippen LogP contribution >= 0.6 is 46.6 Å². The summed E-state index contributed by atoms with van der Waals surface area (Å²) in [6, 6.07) is 17.3. The highest BCUT2D eigenvalue weighted by atomic mass is 35.5. The Kier molecular flexibility index (Phi) is 7.73. The lowest BCUT2D eigenvalue weighted by atomic mass is 10.1. The fourth-order valence-electron chi connectivity index (χ4n) is 3.28. The van der Waals surface area contributed by atoms with Crippen LogP contribution in [0.5, 0.6) is 11.5 Å². The molecule has 9 heteroatoms. The quantitative estimate of drug-likeness (QED) is 0.289. The van der Waals surface area contributed by atoms with Crippen molar-refractivity contribution < 1.29 is 19.1 Å². The number of ether oxygens (including phenoxy) is 2. The van der Waals surface area contributed by atoms with Crippen molar-refractivity contribution in [2.45, 2.75) is 13.5 Å². The van der Waals surface area contributed by atoms with E-state index in [4.69, 9.17) is 44.3 Å². The molecular weight excluding hydrogens is 517 g/mol. The molecule has 0 atom stereocenters. The Morgan fingerprint density at radius 1 is 0.941 bits per heavy atom. The van der Waals surface area contributed by atoms with Crippen molar-refractivity contribution in [2.75, 3.05) is 11.5 Å². The third-order valence-electron chi connectivity index (χ3n) is 4.82. The van der Waals surface area contributed by atoms with Gasteiger partial charge >= 0.3 is 0 Å². The van der Waals surface area contributed by atoms with Crippen LogP contribution in [0, 0.1) is 0 Å². The molecule has 2 amide bonds. The van der Waals surface area contributed by atoms with E-state index in [1.54, 1.807) is 60.7 Å². The largest absolute Gasteiger partial charge is 0.490 e. The number of halogens is 3. The fraction of sp³-hybridized carbons (Fsp3) is 0.120. The van der Waals surface area contributed by atoms with Crippen molar-refractivity contribution in [3.05, 3.63) is 91.8 Å². The van der Waals surface area contributed by atoms with Gasteiger partial charge in [0.2, 0.25) is 0 Å². The van der Waals surface area contributed by atoms with Crippen LogP contribution in [-0.2, 0) is 11.4 Å². The SMILES string of the molecule is CCOc1cc(/C=C2\SC(=O)N(c3ccccc3)C2=O)cc(Cl)c1OCc1ccc(Cl)cc1Cl. The number of para-hydroxylation sites is 1. The second kappa shape index (κ2) is 10.7. The molecule has 34 heavy (non-hydrogen) atoms. The monoisotopic (exact) mass is 533 g/mol. The summed E-state index contributed by atoms with van der Waals surface area (Å²) in [4.78, 5) is 26.8. The van der Waals surface area contributed by atoms with Crippen LogP contribution in [0.4, 0.5) is 10.5 Å². The molecule has 0 radical (unpaired) electrons. The Morgan fingerprint density at radius 3 is 2.41 bits per heavy atom. The maximum absolute atomic E-state index is 12.9. The topological polar surface area (TPSA) is 55.8 Å². The molecule has 1 heterocycles. The van der Waals surface area contributed by atoms with Crippen molar-refractivity contribution in [3.63, 3.8) is 0 Å². The van der Waals surface area contributed by atoms with Gasteiger partial charge in [0.05, 0.1) is 22.2 Å². The first-order chi connectivity index (χ1) is 16.4. The van der Waals surface area contributed by atoms with Gasteiger partial charge in [-0.05, 0) is 66.7 Å². The lowest BCUT2D eigenvalue weighted by Crippen LogP contribution is -2.27. The van der Waals surface area contributed by atoms with E-state index in [-0.39, 0.29) is 16.8 Å². The predicted octanol–water partition coefficient (Wildman–Crippen LogP) is 7.87. The molecule has 3 aromatic rings. The molecule has 4 rings (SSSR count). The lowest BCUT2D eigenvalue weighted by Gasteiger charge is -2.15. The number of benzene rings is 3. The number of thioether (sulfide) groups is 1. The first-order valence-electron chi connectivity index (χ1n) is 10.2. The minimum atomic E-state index is -0.395. The zero-order chi connectivity index (χ0) is 24.2. The van der Waals surface area contributed by atoms with Crippen LogP contribution in [0.25, 0.3) is 6.08 Å². The Morgan fingerprint density at radius 2 is 1.71 bits per heavy atom. The number of rotatable bonds is 7. The molecule has 174 valence electrons. The summed E-state index contributed by atoms with van der Waals surface area (Å²) >= 11 is 19.6. The van der Waals surface area contributed by atoms with Gasteiger partial charge in [-0.15, -0.1) is 0 Å². The van der Waals surface area contributed by atoms with Gasteiger partial charge in [0, 0.05) is 15.6 Å². The van der Waals surface area contributed by atoms with Crippen molar-refractivity contribution in [3.8, 4) is 11.5 Å². The highest BCUT2D eigenvalue weighted by molar-refractivity contribution is 8.19. The van der Waals surface area contributed by atoms with Crippen molar-refractivity contribution in [1.29, 1.82) is 0 Å². The van der Waals surface area contributed by atoms with Crippen LogP contribution in [-0.4, -0.2) is 17.8 Å². The van der Waals surface area contributed by atoms with E-state index in [1.165, 1.54) is 0 Å². The number of anilines is 1. The Balaban J connectivity index is 1.60. The predicted molar refractivity (Wildman–Crippen MR) is 138 cm³/mol. The number of carbonyl (C=O) groups excluding carboxylic acids is 2. The van der Waals surface area contributed by atoms with Gasteiger partial charge in [-0.1, -0.05) is 59.1 Å². The molecule has 0 aliphatic carbocycles. The number of amides is 2. The van der Waals surface area contributed by atoms with E-state index in [0.29, 0.717) is 44.4 Å². The third-order valence-corrected chi connectivity index (χ3v) is 6.56. The Bertz CT molecular complexity index is 1280. The zero-order valence-corrected chi connectivity index (χ0v) is 21.0. The molecule has 5 nitrogen and oxygen atoms in total. The number of imide groups is 1. The highest BCUT2D eigenvalue weighted by Crippen LogP contribution is 2.40. The molecular formula is C25H18Cl3NO4S. The normalized spacial score (nSPS) is 14.7. The van der Waals surface area contributed by atoms with Gasteiger partial charge in [-0.3, -0.25) is 9.59 Å². The standard InChI is InChI=1S/C25H18Cl3NO4S/c1-2-32-21-11-15(10-20(28)23(21)33-14-16-8-9-17(26)13-19(16)27)12-22-24(30)29(25(31)34-22)18-6-4-3-5-7-18/h3-13H,2,14H2,1H3/b22-12-. The zero-order valence-electron chi connectivity index (χ0n) is 17.9. The summed E-state index contributed by atoms with van der Waals surface area (Å²) in [5.74, 6) is 0.366. The Labute approximate surface area is 216 Å². The number of carbonyl (C=O) groups is 2. The highest BCUT2D eigenvalue weighted by Gasteiger charge is 2.36. The van der Waals surface area contributed by atoms with Crippen molar-refractivity contribution in [2.24, 2.45) is 0 Å². The van der Waals surface area contributed by atoms with Crippen LogP contribution in [0.1, 0.15) is 18.1 Å². The summed E-state index contributed by atoms with van der Waals surface area (Å²) in [7, 11) is 0. The lowest BCUT2D eigenvalue weighted by molar-refractivity contribution is -0.113.